The number of hydrogen-bond donors (Lipinski definition) is 0. The van der Waals surface area contributed by atoms with Crippen LogP contribution in [0.25, 0.3) is 98.1 Å². The Hall–Kier alpha value is -7.68. The molecule has 270 valence electrons. The molecule has 0 amide bonds. The van der Waals surface area contributed by atoms with E-state index in [4.69, 9.17) is 4.42 Å². The third kappa shape index (κ3) is 5.12. The predicted octanol–water partition coefficient (Wildman–Crippen LogP) is 16.2. The van der Waals surface area contributed by atoms with Gasteiger partial charge in [-0.3, -0.25) is 0 Å². The Labute approximate surface area is 335 Å². The number of hydrogen-bond acceptors (Lipinski definition) is 2. The molecule has 0 radical (unpaired) electrons. The molecule has 0 aliphatic carbocycles. The summed E-state index contributed by atoms with van der Waals surface area (Å²) >= 11 is 0. The Bertz CT molecular complexity index is 3580. The van der Waals surface area contributed by atoms with E-state index in [1.807, 2.05) is 0 Å². The van der Waals surface area contributed by atoms with E-state index in [9.17, 15) is 0 Å². The highest BCUT2D eigenvalue weighted by Gasteiger charge is 2.21. The van der Waals surface area contributed by atoms with Crippen LogP contribution in [0, 0.1) is 0 Å². The van der Waals surface area contributed by atoms with E-state index in [2.05, 4.69) is 217 Å². The molecule has 12 rings (SSSR count). The number of benzene rings is 11. The molecule has 0 spiro atoms. The van der Waals surface area contributed by atoms with Gasteiger partial charge in [0.15, 0.2) is 0 Å². The molecule has 0 fully saturated rings. The molecule has 58 heavy (non-hydrogen) atoms. The summed E-state index contributed by atoms with van der Waals surface area (Å²) in [6.45, 7) is 0. The van der Waals surface area contributed by atoms with E-state index in [0.717, 1.165) is 50.1 Å². The number of fused-ring (bicyclic) bond motifs is 10. The van der Waals surface area contributed by atoms with Gasteiger partial charge < -0.3 is 9.32 Å². The topological polar surface area (TPSA) is 16.4 Å². The summed E-state index contributed by atoms with van der Waals surface area (Å²) < 4.78 is 6.57. The molecule has 0 saturated carbocycles. The van der Waals surface area contributed by atoms with Crippen molar-refractivity contribution in [3.63, 3.8) is 0 Å². The van der Waals surface area contributed by atoms with Gasteiger partial charge in [-0.2, -0.15) is 0 Å². The van der Waals surface area contributed by atoms with Gasteiger partial charge >= 0.3 is 0 Å². The van der Waals surface area contributed by atoms with E-state index < -0.39 is 0 Å². The first-order valence-electron chi connectivity index (χ1n) is 19.9. The summed E-state index contributed by atoms with van der Waals surface area (Å²) in [5, 5.41) is 14.6. The fourth-order valence-electron chi connectivity index (χ4n) is 9.28. The monoisotopic (exact) mass is 737 g/mol. The summed E-state index contributed by atoms with van der Waals surface area (Å²) in [6.07, 6.45) is 0. The van der Waals surface area contributed by atoms with E-state index in [0.29, 0.717) is 0 Å². The molecule has 1 heterocycles. The zero-order chi connectivity index (χ0) is 38.2. The Morgan fingerprint density at radius 3 is 1.71 bits per heavy atom. The highest BCUT2D eigenvalue weighted by atomic mass is 16.3. The average Bonchev–Trinajstić information content (AvgIpc) is 3.66. The first-order valence-corrected chi connectivity index (χ1v) is 19.9. The Balaban J connectivity index is 1.07. The largest absolute Gasteiger partial charge is 0.456 e. The Morgan fingerprint density at radius 1 is 0.293 bits per heavy atom. The lowest BCUT2D eigenvalue weighted by atomic mass is 9.93. The van der Waals surface area contributed by atoms with Gasteiger partial charge in [-0.25, -0.2) is 0 Å². The van der Waals surface area contributed by atoms with Crippen molar-refractivity contribution in [3.05, 3.63) is 212 Å². The molecule has 0 N–H and O–H groups in total. The minimum absolute atomic E-state index is 0.883. The second kappa shape index (κ2) is 12.9. The van der Waals surface area contributed by atoms with Gasteiger partial charge in [0.05, 0.1) is 5.69 Å². The predicted molar refractivity (Wildman–Crippen MR) is 247 cm³/mol. The zero-order valence-corrected chi connectivity index (χ0v) is 31.6. The summed E-state index contributed by atoms with van der Waals surface area (Å²) in [5.41, 5.74) is 9.73. The highest BCUT2D eigenvalue weighted by Crippen LogP contribution is 2.46. The molecular weight excluding hydrogens is 703 g/mol. The molecule has 0 aliphatic heterocycles. The molecule has 11 aromatic carbocycles. The molecule has 2 heteroatoms. The Morgan fingerprint density at radius 2 is 0.879 bits per heavy atom. The SMILES string of the molecule is c1ccc(N(c2ccc(-c3cc4ccccc4c4ccccc34)cc2)c2ccc3c(ccc4ccccc43)c2)c(-c2cccc3oc4cc5ccccc5cc4c23)c1. The fourth-order valence-corrected chi connectivity index (χ4v) is 9.28. The number of rotatable bonds is 5. The Kier molecular flexibility index (Phi) is 7.26. The standard InChI is InChI=1S/C56H35NO/c1-2-14-39-35-55-52(33-38(39)13-1)56-50(21-11-23-54(56)58-55)49-20-9-10-22-53(49)57(43-30-31-46-41(32-43)25-24-36-12-3-5-16-44(36)46)42-28-26-37(27-29-42)51-34-40-15-4-6-17-45(40)47-18-7-8-19-48(47)51/h1-35H. The van der Waals surface area contributed by atoms with Crippen LogP contribution in [0.5, 0.6) is 0 Å². The van der Waals surface area contributed by atoms with Gasteiger partial charge in [0.25, 0.3) is 0 Å². The van der Waals surface area contributed by atoms with Crippen molar-refractivity contribution in [1.29, 1.82) is 0 Å². The van der Waals surface area contributed by atoms with E-state index in [-0.39, 0.29) is 0 Å². The van der Waals surface area contributed by atoms with Crippen LogP contribution in [0.4, 0.5) is 17.1 Å². The molecule has 0 saturated heterocycles. The number of furan rings is 1. The van der Waals surface area contributed by atoms with E-state index >= 15 is 0 Å². The van der Waals surface area contributed by atoms with Gasteiger partial charge in [-0.1, -0.05) is 158 Å². The van der Waals surface area contributed by atoms with Gasteiger partial charge in [-0.05, 0) is 125 Å². The van der Waals surface area contributed by atoms with E-state index in [1.54, 1.807) is 0 Å². The maximum Gasteiger partial charge on any atom is 0.136 e. The van der Waals surface area contributed by atoms with Crippen molar-refractivity contribution in [1.82, 2.24) is 0 Å². The second-order valence-electron chi connectivity index (χ2n) is 15.3. The molecular formula is C56H35NO. The molecule has 1 aromatic heterocycles. The van der Waals surface area contributed by atoms with Crippen molar-refractivity contribution in [2.24, 2.45) is 0 Å². The number of anilines is 3. The van der Waals surface area contributed by atoms with Crippen LogP contribution in [-0.2, 0) is 0 Å². The minimum atomic E-state index is 0.883. The van der Waals surface area contributed by atoms with Crippen molar-refractivity contribution in [3.8, 4) is 22.3 Å². The van der Waals surface area contributed by atoms with Gasteiger partial charge in [0.2, 0.25) is 0 Å². The fraction of sp³-hybridized carbons (Fsp3) is 0. The number of nitrogens with zero attached hydrogens (tertiary/aromatic N) is 1. The molecule has 12 aromatic rings. The first kappa shape index (κ1) is 32.6. The van der Waals surface area contributed by atoms with Crippen LogP contribution in [0.15, 0.2) is 217 Å². The van der Waals surface area contributed by atoms with Crippen molar-refractivity contribution in [2.75, 3.05) is 4.90 Å². The summed E-state index contributed by atoms with van der Waals surface area (Å²) in [6, 6.07) is 77.2. The third-order valence-electron chi connectivity index (χ3n) is 12.0. The van der Waals surface area contributed by atoms with Crippen LogP contribution < -0.4 is 4.90 Å². The maximum atomic E-state index is 6.57. The van der Waals surface area contributed by atoms with Crippen LogP contribution in [0.3, 0.4) is 0 Å². The number of para-hydroxylation sites is 1. The third-order valence-corrected chi connectivity index (χ3v) is 12.0. The normalized spacial score (nSPS) is 11.8. The lowest BCUT2D eigenvalue weighted by Crippen LogP contribution is -2.11. The van der Waals surface area contributed by atoms with Crippen LogP contribution in [0.2, 0.25) is 0 Å². The van der Waals surface area contributed by atoms with Crippen LogP contribution in [0.1, 0.15) is 0 Å². The summed E-state index contributed by atoms with van der Waals surface area (Å²) in [7, 11) is 0. The van der Waals surface area contributed by atoms with Gasteiger partial charge in [0.1, 0.15) is 11.2 Å². The molecule has 0 aliphatic rings. The summed E-state index contributed by atoms with van der Waals surface area (Å²) in [4.78, 5) is 2.42. The average molecular weight is 738 g/mol. The van der Waals surface area contributed by atoms with Crippen molar-refractivity contribution >= 4 is 92.9 Å². The molecule has 0 atom stereocenters. The van der Waals surface area contributed by atoms with Crippen LogP contribution >= 0.6 is 0 Å². The second-order valence-corrected chi connectivity index (χ2v) is 15.3. The molecule has 2 nitrogen and oxygen atoms in total. The van der Waals surface area contributed by atoms with Gasteiger partial charge in [0, 0.05) is 27.7 Å². The lowest BCUT2D eigenvalue weighted by Gasteiger charge is -2.28. The zero-order valence-electron chi connectivity index (χ0n) is 31.6. The first-order chi connectivity index (χ1) is 28.7. The quantitative estimate of drug-likeness (QED) is 0.164. The van der Waals surface area contributed by atoms with Crippen molar-refractivity contribution in [2.45, 2.75) is 0 Å². The van der Waals surface area contributed by atoms with Crippen LogP contribution in [-0.4, -0.2) is 0 Å². The minimum Gasteiger partial charge on any atom is -0.456 e. The maximum absolute atomic E-state index is 6.57. The van der Waals surface area contributed by atoms with Gasteiger partial charge in [-0.15, -0.1) is 0 Å². The smallest absolute Gasteiger partial charge is 0.136 e. The summed E-state index contributed by atoms with van der Waals surface area (Å²) in [5.74, 6) is 0. The molecule has 0 unspecified atom stereocenters. The molecule has 0 bridgehead atoms. The highest BCUT2D eigenvalue weighted by molar-refractivity contribution is 6.17. The lowest BCUT2D eigenvalue weighted by molar-refractivity contribution is 0.669. The van der Waals surface area contributed by atoms with E-state index in [1.165, 1.54) is 65.0 Å². The van der Waals surface area contributed by atoms with Crippen molar-refractivity contribution < 1.29 is 4.42 Å².